The number of aryl methyl sites for hydroxylation is 2. The monoisotopic (exact) mass is 515 g/mol. The standard InChI is InChI=1S/C27H29F4N5O/c1-17-7-6-10-22(28)25(17)34-13-11-19(12-14-34)35-15-23-24(16-33(3)32-23)36(26(35)37)18(2)20-8-4-5-9-21(20)27(29,30)31/h4-10,16,18-19H,11-15H2,1-3H3/t18-/m1/s1. The Labute approximate surface area is 213 Å². The molecule has 196 valence electrons. The maximum absolute atomic E-state index is 14.5. The molecule has 5 rings (SSSR count). The fourth-order valence-corrected chi connectivity index (χ4v) is 5.65. The van der Waals surface area contributed by atoms with Gasteiger partial charge in [-0.05, 0) is 49.9 Å². The van der Waals surface area contributed by atoms with Crippen LogP contribution in [0.2, 0.25) is 0 Å². The van der Waals surface area contributed by atoms with Gasteiger partial charge in [-0.3, -0.25) is 9.58 Å². The maximum atomic E-state index is 14.5. The summed E-state index contributed by atoms with van der Waals surface area (Å²) in [5, 5.41) is 4.51. The molecule has 0 saturated carbocycles. The quantitative estimate of drug-likeness (QED) is 0.397. The van der Waals surface area contributed by atoms with E-state index >= 15 is 0 Å². The van der Waals surface area contributed by atoms with Crippen molar-refractivity contribution in [3.63, 3.8) is 0 Å². The van der Waals surface area contributed by atoms with Crippen molar-refractivity contribution in [2.45, 2.75) is 51.5 Å². The lowest BCUT2D eigenvalue weighted by atomic mass is 9.97. The molecule has 0 N–H and O–H groups in total. The molecular formula is C27H29F4N5O. The Morgan fingerprint density at radius 1 is 1.05 bits per heavy atom. The van der Waals surface area contributed by atoms with Crippen LogP contribution in [0.3, 0.4) is 0 Å². The summed E-state index contributed by atoms with van der Waals surface area (Å²) in [5.74, 6) is -0.269. The lowest BCUT2D eigenvalue weighted by molar-refractivity contribution is -0.138. The summed E-state index contributed by atoms with van der Waals surface area (Å²) >= 11 is 0. The van der Waals surface area contributed by atoms with Gasteiger partial charge in [0.1, 0.15) is 11.5 Å². The molecule has 2 aliphatic heterocycles. The van der Waals surface area contributed by atoms with Gasteiger partial charge in [-0.15, -0.1) is 0 Å². The number of hydrogen-bond donors (Lipinski definition) is 0. The number of anilines is 2. The number of nitrogens with zero attached hydrogens (tertiary/aromatic N) is 5. The SMILES string of the molecule is Cc1cccc(F)c1N1CCC(N2Cc3nn(C)cc3N([C@H](C)c3ccccc3C(F)(F)F)C2=O)CC1. The Bertz CT molecular complexity index is 1290. The highest BCUT2D eigenvalue weighted by Gasteiger charge is 2.42. The lowest BCUT2D eigenvalue weighted by Gasteiger charge is -2.45. The minimum Gasteiger partial charge on any atom is -0.369 e. The molecule has 0 unspecified atom stereocenters. The van der Waals surface area contributed by atoms with E-state index in [0.29, 0.717) is 43.0 Å². The fourth-order valence-electron chi connectivity index (χ4n) is 5.65. The second kappa shape index (κ2) is 9.39. The molecule has 3 aromatic rings. The first-order valence-corrected chi connectivity index (χ1v) is 12.3. The minimum atomic E-state index is -4.54. The maximum Gasteiger partial charge on any atom is 0.416 e. The van der Waals surface area contributed by atoms with Gasteiger partial charge in [0, 0.05) is 32.4 Å². The van der Waals surface area contributed by atoms with Crippen molar-refractivity contribution >= 4 is 17.4 Å². The molecule has 2 aromatic carbocycles. The largest absolute Gasteiger partial charge is 0.416 e. The van der Waals surface area contributed by atoms with E-state index in [9.17, 15) is 22.4 Å². The van der Waals surface area contributed by atoms with Crippen molar-refractivity contribution in [1.29, 1.82) is 0 Å². The summed E-state index contributed by atoms with van der Waals surface area (Å²) in [5.41, 5.74) is 1.88. The second-order valence-electron chi connectivity index (χ2n) is 9.80. The Kier molecular flexibility index (Phi) is 6.37. The molecule has 1 aromatic heterocycles. The number of urea groups is 1. The van der Waals surface area contributed by atoms with E-state index in [1.807, 2.05) is 17.9 Å². The molecule has 0 spiro atoms. The number of benzene rings is 2. The van der Waals surface area contributed by atoms with E-state index in [1.165, 1.54) is 23.1 Å². The van der Waals surface area contributed by atoms with Crippen LogP contribution in [0, 0.1) is 12.7 Å². The van der Waals surface area contributed by atoms with Crippen LogP contribution >= 0.6 is 0 Å². The summed E-state index contributed by atoms with van der Waals surface area (Å²) in [6.45, 7) is 4.91. The van der Waals surface area contributed by atoms with Crippen molar-refractivity contribution in [2.75, 3.05) is 22.9 Å². The summed E-state index contributed by atoms with van der Waals surface area (Å²) in [6.07, 6.45) is -1.63. The highest BCUT2D eigenvalue weighted by Crippen LogP contribution is 2.41. The minimum absolute atomic E-state index is 0.0323. The number of amides is 2. The molecule has 37 heavy (non-hydrogen) atoms. The second-order valence-corrected chi connectivity index (χ2v) is 9.80. The summed E-state index contributed by atoms with van der Waals surface area (Å²) < 4.78 is 57.6. The number of fused-ring (bicyclic) bond motifs is 1. The zero-order valence-corrected chi connectivity index (χ0v) is 21.0. The van der Waals surface area contributed by atoms with Gasteiger partial charge in [0.15, 0.2) is 0 Å². The summed E-state index contributed by atoms with van der Waals surface area (Å²) in [6, 6.07) is 9.03. The van der Waals surface area contributed by atoms with Crippen LogP contribution in [-0.4, -0.2) is 39.8 Å². The number of halogens is 4. The Balaban J connectivity index is 1.43. The van der Waals surface area contributed by atoms with E-state index in [-0.39, 0.29) is 30.0 Å². The molecule has 2 amide bonds. The van der Waals surface area contributed by atoms with Crippen molar-refractivity contribution in [1.82, 2.24) is 14.7 Å². The number of carbonyl (C=O) groups excluding carboxylic acids is 1. The molecular weight excluding hydrogens is 486 g/mol. The number of aromatic nitrogens is 2. The number of alkyl halides is 3. The lowest BCUT2D eigenvalue weighted by Crippen LogP contribution is -2.54. The van der Waals surface area contributed by atoms with Crippen molar-refractivity contribution in [2.24, 2.45) is 7.05 Å². The van der Waals surface area contributed by atoms with Crippen LogP contribution in [0.1, 0.15) is 48.2 Å². The third kappa shape index (κ3) is 4.53. The number of para-hydroxylation sites is 1. The zero-order valence-electron chi connectivity index (χ0n) is 21.0. The third-order valence-electron chi connectivity index (χ3n) is 7.43. The topological polar surface area (TPSA) is 44.6 Å². The predicted octanol–water partition coefficient (Wildman–Crippen LogP) is 6.06. The van der Waals surface area contributed by atoms with Gasteiger partial charge in [-0.2, -0.15) is 18.3 Å². The molecule has 0 bridgehead atoms. The van der Waals surface area contributed by atoms with Crippen LogP contribution < -0.4 is 9.80 Å². The fraction of sp³-hybridized carbons (Fsp3) is 0.407. The predicted molar refractivity (Wildman–Crippen MR) is 133 cm³/mol. The van der Waals surface area contributed by atoms with Crippen LogP contribution in [0.5, 0.6) is 0 Å². The van der Waals surface area contributed by atoms with E-state index in [4.69, 9.17) is 0 Å². The molecule has 10 heteroatoms. The Morgan fingerprint density at radius 2 is 1.76 bits per heavy atom. The van der Waals surface area contributed by atoms with Gasteiger partial charge in [0.2, 0.25) is 0 Å². The van der Waals surface area contributed by atoms with Crippen LogP contribution in [-0.2, 0) is 19.8 Å². The zero-order chi connectivity index (χ0) is 26.5. The molecule has 1 fully saturated rings. The Morgan fingerprint density at radius 3 is 2.43 bits per heavy atom. The normalized spacial score (nSPS) is 17.8. The van der Waals surface area contributed by atoms with Crippen molar-refractivity contribution < 1.29 is 22.4 Å². The van der Waals surface area contributed by atoms with Gasteiger partial charge < -0.3 is 9.80 Å². The first-order valence-electron chi connectivity index (χ1n) is 12.3. The Hall–Kier alpha value is -3.56. The van der Waals surface area contributed by atoms with Gasteiger partial charge in [0.25, 0.3) is 0 Å². The molecule has 1 atom stereocenters. The van der Waals surface area contributed by atoms with Crippen LogP contribution in [0.25, 0.3) is 0 Å². The first kappa shape index (κ1) is 25.1. The third-order valence-corrected chi connectivity index (χ3v) is 7.43. The van der Waals surface area contributed by atoms with Gasteiger partial charge in [-0.25, -0.2) is 9.18 Å². The average molecular weight is 516 g/mol. The van der Waals surface area contributed by atoms with Crippen LogP contribution in [0.4, 0.5) is 33.7 Å². The first-order chi connectivity index (χ1) is 17.6. The van der Waals surface area contributed by atoms with Gasteiger partial charge in [0.05, 0.1) is 29.5 Å². The molecule has 0 aliphatic carbocycles. The summed E-state index contributed by atoms with van der Waals surface area (Å²) in [7, 11) is 1.73. The van der Waals surface area contributed by atoms with E-state index in [1.54, 1.807) is 41.9 Å². The molecule has 2 aliphatic rings. The van der Waals surface area contributed by atoms with Gasteiger partial charge >= 0.3 is 12.2 Å². The molecule has 0 radical (unpaired) electrons. The van der Waals surface area contributed by atoms with Gasteiger partial charge in [-0.1, -0.05) is 30.3 Å². The van der Waals surface area contributed by atoms with E-state index in [0.717, 1.165) is 11.6 Å². The number of carbonyl (C=O) groups is 1. The van der Waals surface area contributed by atoms with Crippen LogP contribution in [0.15, 0.2) is 48.7 Å². The average Bonchev–Trinajstić information content (AvgIpc) is 3.23. The van der Waals surface area contributed by atoms with E-state index < -0.39 is 17.8 Å². The highest BCUT2D eigenvalue weighted by molar-refractivity contribution is 5.95. The highest BCUT2D eigenvalue weighted by atomic mass is 19.4. The number of rotatable bonds is 4. The molecule has 3 heterocycles. The smallest absolute Gasteiger partial charge is 0.369 e. The molecule has 6 nitrogen and oxygen atoms in total. The van der Waals surface area contributed by atoms with E-state index in [2.05, 4.69) is 5.10 Å². The molecule has 1 saturated heterocycles. The number of hydrogen-bond acceptors (Lipinski definition) is 3. The summed E-state index contributed by atoms with van der Waals surface area (Å²) in [4.78, 5) is 19.0. The van der Waals surface area contributed by atoms with Crippen molar-refractivity contribution in [3.05, 3.63) is 76.9 Å². The van der Waals surface area contributed by atoms with Crippen molar-refractivity contribution in [3.8, 4) is 0 Å². The number of piperidine rings is 1.